The smallest absolute Gasteiger partial charge is 0.416 e. The van der Waals surface area contributed by atoms with Crippen LogP contribution >= 0.6 is 0 Å². The topological polar surface area (TPSA) is 45.5 Å². The minimum atomic E-state index is -4.41. The highest BCUT2D eigenvalue weighted by Gasteiger charge is 2.58. The van der Waals surface area contributed by atoms with Crippen LogP contribution in [0.3, 0.4) is 0 Å². The number of nitrogens with one attached hydrogen (secondary N) is 1. The number of amides is 1. The third-order valence-electron chi connectivity index (χ3n) is 6.12. The summed E-state index contributed by atoms with van der Waals surface area (Å²) in [5.41, 5.74) is 0.589. The van der Waals surface area contributed by atoms with Crippen molar-refractivity contribution in [3.8, 4) is 0 Å². The Labute approximate surface area is 161 Å². The molecule has 2 fully saturated rings. The number of piperidine rings is 1. The van der Waals surface area contributed by atoms with Crippen molar-refractivity contribution in [2.45, 2.75) is 38.5 Å². The normalized spacial score (nSPS) is 21.6. The fourth-order valence-corrected chi connectivity index (χ4v) is 4.32. The van der Waals surface area contributed by atoms with Crippen LogP contribution in [0.15, 0.2) is 47.3 Å². The van der Waals surface area contributed by atoms with E-state index in [0.717, 1.165) is 50.5 Å². The van der Waals surface area contributed by atoms with Gasteiger partial charge in [-0.1, -0.05) is 18.2 Å². The third-order valence-corrected chi connectivity index (χ3v) is 6.12. The van der Waals surface area contributed by atoms with Crippen LogP contribution in [0.2, 0.25) is 0 Å². The molecule has 1 N–H and O–H groups in total. The lowest BCUT2D eigenvalue weighted by Gasteiger charge is -2.32. The van der Waals surface area contributed by atoms with Crippen LogP contribution < -0.4 is 5.32 Å². The van der Waals surface area contributed by atoms with Gasteiger partial charge in [-0.3, -0.25) is 9.69 Å². The molecule has 1 saturated carbocycles. The van der Waals surface area contributed by atoms with Gasteiger partial charge in [0, 0.05) is 24.6 Å². The Kier molecular flexibility index (Phi) is 4.95. The van der Waals surface area contributed by atoms with Crippen LogP contribution in [0.4, 0.5) is 13.2 Å². The Morgan fingerprint density at radius 3 is 2.64 bits per heavy atom. The van der Waals surface area contributed by atoms with E-state index in [4.69, 9.17) is 4.42 Å². The zero-order valence-corrected chi connectivity index (χ0v) is 15.5. The quantitative estimate of drug-likeness (QED) is 0.829. The van der Waals surface area contributed by atoms with E-state index < -0.39 is 11.7 Å². The second-order valence-corrected chi connectivity index (χ2v) is 7.90. The minimum absolute atomic E-state index is 0.0283. The van der Waals surface area contributed by atoms with Crippen molar-refractivity contribution in [3.05, 3.63) is 59.5 Å². The zero-order chi connectivity index (χ0) is 19.8. The Bertz CT molecular complexity index is 824. The van der Waals surface area contributed by atoms with Crippen molar-refractivity contribution >= 4 is 5.91 Å². The summed E-state index contributed by atoms with van der Waals surface area (Å²) < 4.78 is 44.3. The molecule has 4 rings (SSSR count). The molecule has 1 aromatic carbocycles. The molecule has 1 unspecified atom stereocenters. The van der Waals surface area contributed by atoms with Crippen molar-refractivity contribution in [1.29, 1.82) is 0 Å². The van der Waals surface area contributed by atoms with Gasteiger partial charge in [0.1, 0.15) is 0 Å². The molecule has 2 aromatic rings. The van der Waals surface area contributed by atoms with Gasteiger partial charge in [-0.2, -0.15) is 13.2 Å². The van der Waals surface area contributed by atoms with Gasteiger partial charge in [0.2, 0.25) is 5.91 Å². The fourth-order valence-electron chi connectivity index (χ4n) is 4.32. The fraction of sp³-hybridized carbons (Fsp3) is 0.476. The second-order valence-electron chi connectivity index (χ2n) is 7.90. The number of carbonyl (C=O) groups is 1. The number of hydrogen-bond acceptors (Lipinski definition) is 3. The summed E-state index contributed by atoms with van der Waals surface area (Å²) in [4.78, 5) is 14.9. The lowest BCUT2D eigenvalue weighted by atomic mass is 9.90. The predicted octanol–water partition coefficient (Wildman–Crippen LogP) is 4.22. The molecular formula is C21H23F3N2O2. The molecule has 7 heteroatoms. The molecule has 1 aromatic heterocycles. The number of rotatable bonds is 5. The number of alkyl halides is 3. The molecular weight excluding hydrogens is 369 g/mol. The van der Waals surface area contributed by atoms with Gasteiger partial charge in [-0.25, -0.2) is 0 Å². The summed E-state index contributed by atoms with van der Waals surface area (Å²) in [5.74, 6) is -0.207. The summed E-state index contributed by atoms with van der Waals surface area (Å²) in [6.45, 7) is 2.60. The number of carbonyl (C=O) groups excluding carboxylic acids is 1. The molecule has 0 bridgehead atoms. The second kappa shape index (κ2) is 7.28. The molecule has 2 heterocycles. The average molecular weight is 392 g/mol. The Morgan fingerprint density at radius 2 is 1.96 bits per heavy atom. The summed E-state index contributed by atoms with van der Waals surface area (Å²) in [6, 6.07) is 7.35. The minimum Gasteiger partial charge on any atom is -0.472 e. The number of benzene rings is 1. The van der Waals surface area contributed by atoms with E-state index in [1.54, 1.807) is 18.6 Å². The molecule has 4 nitrogen and oxygen atoms in total. The molecule has 0 radical (unpaired) electrons. The summed E-state index contributed by atoms with van der Waals surface area (Å²) in [7, 11) is 0. The van der Waals surface area contributed by atoms with Crippen molar-refractivity contribution in [3.63, 3.8) is 0 Å². The highest BCUT2D eigenvalue weighted by molar-refractivity contribution is 5.82. The predicted molar refractivity (Wildman–Crippen MR) is 97.0 cm³/mol. The maximum Gasteiger partial charge on any atom is 0.416 e. The SMILES string of the molecule is O=C(NCc1ccccc1C(F)(F)F)C1CC12CCN(Cc1ccoc1)CC2. The first-order valence-corrected chi connectivity index (χ1v) is 9.54. The lowest BCUT2D eigenvalue weighted by molar-refractivity contribution is -0.138. The highest BCUT2D eigenvalue weighted by atomic mass is 19.4. The molecule has 1 amide bonds. The average Bonchev–Trinajstić information content (AvgIpc) is 3.12. The first-order valence-electron chi connectivity index (χ1n) is 9.54. The van der Waals surface area contributed by atoms with E-state index in [1.807, 2.05) is 6.07 Å². The number of hydrogen-bond donors (Lipinski definition) is 1. The molecule has 1 aliphatic carbocycles. The maximum absolute atomic E-state index is 13.1. The highest BCUT2D eigenvalue weighted by Crippen LogP contribution is 2.59. The molecule has 1 aliphatic heterocycles. The van der Waals surface area contributed by atoms with Crippen LogP contribution in [0.1, 0.15) is 36.0 Å². The van der Waals surface area contributed by atoms with E-state index in [1.165, 1.54) is 12.1 Å². The monoisotopic (exact) mass is 392 g/mol. The molecule has 150 valence electrons. The van der Waals surface area contributed by atoms with E-state index in [9.17, 15) is 18.0 Å². The standard InChI is InChI=1S/C21H23F3N2O2/c22-21(23,24)17-4-2-1-3-16(17)12-25-19(27)18-11-20(18)6-8-26(9-7-20)13-15-5-10-28-14-15/h1-5,10,14,18H,6-9,11-13H2,(H,25,27). The van der Waals surface area contributed by atoms with E-state index >= 15 is 0 Å². The molecule has 2 aliphatic rings. The largest absolute Gasteiger partial charge is 0.472 e. The van der Waals surface area contributed by atoms with Gasteiger partial charge in [-0.15, -0.1) is 0 Å². The van der Waals surface area contributed by atoms with Crippen LogP contribution in [-0.4, -0.2) is 23.9 Å². The van der Waals surface area contributed by atoms with Crippen LogP contribution in [0, 0.1) is 11.3 Å². The molecule has 1 spiro atoms. The van der Waals surface area contributed by atoms with E-state index in [-0.39, 0.29) is 29.3 Å². The van der Waals surface area contributed by atoms with Crippen molar-refractivity contribution in [2.24, 2.45) is 11.3 Å². The van der Waals surface area contributed by atoms with E-state index in [2.05, 4.69) is 10.2 Å². The van der Waals surface area contributed by atoms with Gasteiger partial charge in [0.25, 0.3) is 0 Å². The van der Waals surface area contributed by atoms with Crippen molar-refractivity contribution in [1.82, 2.24) is 10.2 Å². The zero-order valence-electron chi connectivity index (χ0n) is 15.5. The number of nitrogens with zero attached hydrogens (tertiary/aromatic N) is 1. The Hall–Kier alpha value is -2.28. The van der Waals surface area contributed by atoms with Crippen LogP contribution in [0.25, 0.3) is 0 Å². The number of halogens is 3. The first-order chi connectivity index (χ1) is 13.4. The maximum atomic E-state index is 13.1. The lowest BCUT2D eigenvalue weighted by Crippen LogP contribution is -2.36. The number of furan rings is 1. The summed E-state index contributed by atoms with van der Waals surface area (Å²) in [5, 5.41) is 2.73. The van der Waals surface area contributed by atoms with Crippen LogP contribution in [-0.2, 0) is 24.1 Å². The van der Waals surface area contributed by atoms with Crippen molar-refractivity contribution < 1.29 is 22.4 Å². The number of likely N-dealkylation sites (tertiary alicyclic amines) is 1. The van der Waals surface area contributed by atoms with Crippen LogP contribution in [0.5, 0.6) is 0 Å². The van der Waals surface area contributed by atoms with Gasteiger partial charge in [0.05, 0.1) is 18.1 Å². The summed E-state index contributed by atoms with van der Waals surface area (Å²) >= 11 is 0. The van der Waals surface area contributed by atoms with E-state index in [0.29, 0.717) is 0 Å². The van der Waals surface area contributed by atoms with Gasteiger partial charge >= 0.3 is 6.18 Å². The third kappa shape index (κ3) is 3.94. The van der Waals surface area contributed by atoms with Gasteiger partial charge in [-0.05, 0) is 55.5 Å². The van der Waals surface area contributed by atoms with Gasteiger partial charge < -0.3 is 9.73 Å². The van der Waals surface area contributed by atoms with Crippen molar-refractivity contribution in [2.75, 3.05) is 13.1 Å². The molecule has 1 saturated heterocycles. The summed E-state index contributed by atoms with van der Waals surface area (Å²) in [6.07, 6.45) is 1.73. The Morgan fingerprint density at radius 1 is 1.21 bits per heavy atom. The first kappa shape index (κ1) is 19.1. The Balaban J connectivity index is 1.29. The molecule has 28 heavy (non-hydrogen) atoms. The van der Waals surface area contributed by atoms with Gasteiger partial charge in [0.15, 0.2) is 0 Å². The molecule has 1 atom stereocenters.